The normalized spacial score (nSPS) is 23.0. The van der Waals surface area contributed by atoms with Gasteiger partial charge in [0.1, 0.15) is 18.2 Å². The second kappa shape index (κ2) is 13.7. The van der Waals surface area contributed by atoms with E-state index in [4.69, 9.17) is 11.6 Å². The van der Waals surface area contributed by atoms with Crippen LogP contribution in [0.15, 0.2) is 9.72 Å². The van der Waals surface area contributed by atoms with Crippen molar-refractivity contribution in [3.8, 4) is 0 Å². The van der Waals surface area contributed by atoms with Gasteiger partial charge in [-0.1, -0.05) is 18.7 Å². The van der Waals surface area contributed by atoms with E-state index in [0.717, 1.165) is 29.2 Å². The number of aldehydes is 1. The molecule has 1 aliphatic rings. The maximum absolute atomic E-state index is 11.3. The summed E-state index contributed by atoms with van der Waals surface area (Å²) in [5, 5.41) is 1.78. The molecule has 1 heterocycles. The zero-order valence-electron chi connectivity index (χ0n) is 18.2. The lowest BCUT2D eigenvalue weighted by molar-refractivity contribution is -0.115. The summed E-state index contributed by atoms with van der Waals surface area (Å²) < 4.78 is 25.6. The molecule has 0 bridgehead atoms. The molecule has 0 radical (unpaired) electrons. The Labute approximate surface area is 196 Å². The number of hydrogen-bond acceptors (Lipinski definition) is 10. The Bertz CT molecular complexity index is 783. The standard InChI is InChI=1S/C14H18ClNO3S2.C5H11O4P/c1-8-5-11(15)9(10(8)6-17)3-4-20-14-16-12(7-21-14)13(18)19-2;1-5(6)4-10(7,8-2)9-3/h6-11H,3-5H2,1-2H3;4H2,1-3H3/t8-,9-,10+,11-;/m1./s1. The van der Waals surface area contributed by atoms with Crippen LogP contribution < -0.4 is 0 Å². The molecule has 12 heteroatoms. The van der Waals surface area contributed by atoms with Gasteiger partial charge in [-0.25, -0.2) is 9.78 Å². The first-order valence-electron chi connectivity index (χ1n) is 9.56. The number of ketones is 1. The summed E-state index contributed by atoms with van der Waals surface area (Å²) in [5.74, 6) is 0.906. The molecule has 0 unspecified atom stereocenters. The molecule has 2 rings (SSSR count). The topological polar surface area (TPSA) is 109 Å². The maximum Gasteiger partial charge on any atom is 0.357 e. The van der Waals surface area contributed by atoms with E-state index < -0.39 is 13.6 Å². The number of thiazole rings is 1. The summed E-state index contributed by atoms with van der Waals surface area (Å²) in [6.45, 7) is 3.43. The van der Waals surface area contributed by atoms with Crippen LogP contribution >= 0.6 is 42.3 Å². The van der Waals surface area contributed by atoms with E-state index in [1.165, 1.54) is 39.6 Å². The van der Waals surface area contributed by atoms with Gasteiger partial charge in [0.25, 0.3) is 0 Å². The van der Waals surface area contributed by atoms with Crippen LogP contribution in [-0.4, -0.2) is 61.6 Å². The Hall–Kier alpha value is -0.770. The Morgan fingerprint density at radius 2 is 2.00 bits per heavy atom. The highest BCUT2D eigenvalue weighted by Crippen LogP contribution is 2.45. The number of nitrogens with zero attached hydrogens (tertiary/aromatic N) is 1. The third kappa shape index (κ3) is 8.94. The number of carbonyl (C=O) groups is 3. The molecular weight excluding hydrogens is 485 g/mol. The molecular formula is C19H29ClNO7PS2. The summed E-state index contributed by atoms with van der Waals surface area (Å²) in [6.07, 6.45) is 2.70. The van der Waals surface area contributed by atoms with Gasteiger partial charge >= 0.3 is 13.6 Å². The number of hydrogen-bond donors (Lipinski definition) is 0. The lowest BCUT2D eigenvalue weighted by Gasteiger charge is -2.18. The number of halogens is 1. The Kier molecular flexibility index (Phi) is 12.5. The van der Waals surface area contributed by atoms with Crippen molar-refractivity contribution >= 4 is 60.3 Å². The van der Waals surface area contributed by atoms with E-state index in [2.05, 4.69) is 25.7 Å². The number of carbonyl (C=O) groups excluding carboxylic acids is 3. The van der Waals surface area contributed by atoms with Crippen LogP contribution in [0.3, 0.4) is 0 Å². The smallest absolute Gasteiger partial charge is 0.357 e. The zero-order chi connectivity index (χ0) is 23.6. The van der Waals surface area contributed by atoms with Gasteiger partial charge in [0.2, 0.25) is 0 Å². The van der Waals surface area contributed by atoms with Crippen molar-refractivity contribution in [3.05, 3.63) is 11.1 Å². The lowest BCUT2D eigenvalue weighted by atomic mass is 9.90. The molecule has 8 nitrogen and oxygen atoms in total. The average molecular weight is 514 g/mol. The molecule has 0 aromatic carbocycles. The predicted molar refractivity (Wildman–Crippen MR) is 122 cm³/mol. The van der Waals surface area contributed by atoms with Gasteiger partial charge in [-0.05, 0) is 31.6 Å². The van der Waals surface area contributed by atoms with E-state index in [1.807, 2.05) is 0 Å². The SMILES string of the molecule is COC(=O)c1csc(SCC[C@@H]2[C@@H](C=O)[C@H](C)C[C@H]2Cl)n1.COP(=O)(CC(C)=O)OC. The van der Waals surface area contributed by atoms with Crippen molar-refractivity contribution in [3.63, 3.8) is 0 Å². The largest absolute Gasteiger partial charge is 0.464 e. The van der Waals surface area contributed by atoms with Gasteiger partial charge in [0.15, 0.2) is 10.0 Å². The summed E-state index contributed by atoms with van der Waals surface area (Å²) >= 11 is 9.38. The van der Waals surface area contributed by atoms with E-state index in [-0.39, 0.29) is 29.2 Å². The highest BCUT2D eigenvalue weighted by atomic mass is 35.5. The summed E-state index contributed by atoms with van der Waals surface area (Å²) in [5.41, 5.74) is 0.348. The minimum atomic E-state index is -3.09. The minimum absolute atomic E-state index is 0.0648. The molecule has 0 spiro atoms. The Balaban J connectivity index is 0.000000407. The summed E-state index contributed by atoms with van der Waals surface area (Å²) in [7, 11) is 0.771. The number of alkyl halides is 1. The van der Waals surface area contributed by atoms with Gasteiger partial charge < -0.3 is 18.6 Å². The zero-order valence-corrected chi connectivity index (χ0v) is 21.5. The van der Waals surface area contributed by atoms with Gasteiger partial charge in [-0.15, -0.1) is 22.9 Å². The molecule has 0 saturated heterocycles. The monoisotopic (exact) mass is 513 g/mol. The number of ether oxygens (including phenoxy) is 1. The molecule has 4 atom stereocenters. The number of thioether (sulfide) groups is 1. The van der Waals surface area contributed by atoms with Gasteiger partial charge in [0, 0.05) is 36.6 Å². The first-order valence-corrected chi connectivity index (χ1v) is 13.6. The first kappa shape index (κ1) is 28.3. The predicted octanol–water partition coefficient (Wildman–Crippen LogP) is 4.55. The fourth-order valence-electron chi connectivity index (χ4n) is 3.24. The fraction of sp³-hybridized carbons (Fsp3) is 0.684. The van der Waals surface area contributed by atoms with Crippen molar-refractivity contribution < 1.29 is 32.7 Å². The average Bonchev–Trinajstić information content (AvgIpc) is 3.31. The highest BCUT2D eigenvalue weighted by Gasteiger charge is 2.39. The molecule has 1 saturated carbocycles. The first-order chi connectivity index (χ1) is 14.6. The second-order valence-corrected chi connectivity index (χ2v) is 12.1. The molecule has 1 aromatic heterocycles. The summed E-state index contributed by atoms with van der Waals surface area (Å²) in [4.78, 5) is 37.2. The van der Waals surface area contributed by atoms with E-state index in [9.17, 15) is 18.9 Å². The van der Waals surface area contributed by atoms with Crippen LogP contribution in [0.2, 0.25) is 0 Å². The highest BCUT2D eigenvalue weighted by molar-refractivity contribution is 8.01. The van der Waals surface area contributed by atoms with Crippen LogP contribution in [0.25, 0.3) is 0 Å². The number of rotatable bonds is 10. The van der Waals surface area contributed by atoms with Crippen LogP contribution in [0.1, 0.15) is 37.2 Å². The molecule has 1 fully saturated rings. The number of esters is 1. The van der Waals surface area contributed by atoms with E-state index in [1.54, 1.807) is 17.1 Å². The second-order valence-electron chi connectivity index (χ2n) is 7.07. The lowest BCUT2D eigenvalue weighted by Crippen LogP contribution is -2.19. The Morgan fingerprint density at radius 1 is 1.35 bits per heavy atom. The van der Waals surface area contributed by atoms with Crippen LogP contribution in [-0.2, 0) is 27.9 Å². The quantitative estimate of drug-likeness (QED) is 0.146. The third-order valence-electron chi connectivity index (χ3n) is 4.90. The van der Waals surface area contributed by atoms with Crippen molar-refractivity contribution in [2.75, 3.05) is 33.2 Å². The van der Waals surface area contributed by atoms with Crippen molar-refractivity contribution in [1.29, 1.82) is 0 Å². The number of methoxy groups -OCH3 is 1. The number of Topliss-reactive ketones (excluding diaryl/α,β-unsaturated/α-hetero) is 1. The van der Waals surface area contributed by atoms with E-state index in [0.29, 0.717) is 11.6 Å². The fourth-order valence-corrected chi connectivity index (χ4v) is 6.67. The molecule has 1 aliphatic carbocycles. The van der Waals surface area contributed by atoms with Gasteiger partial charge in [-0.2, -0.15) is 0 Å². The Morgan fingerprint density at radius 3 is 2.48 bits per heavy atom. The maximum atomic E-state index is 11.3. The van der Waals surface area contributed by atoms with E-state index >= 15 is 0 Å². The molecule has 0 amide bonds. The van der Waals surface area contributed by atoms with Crippen molar-refractivity contribution in [1.82, 2.24) is 4.98 Å². The van der Waals surface area contributed by atoms with Crippen molar-refractivity contribution in [2.45, 2.75) is 36.4 Å². The van der Waals surface area contributed by atoms with Crippen LogP contribution in [0.5, 0.6) is 0 Å². The van der Waals surface area contributed by atoms with Crippen molar-refractivity contribution in [2.24, 2.45) is 17.8 Å². The van der Waals surface area contributed by atoms with Crippen LogP contribution in [0, 0.1) is 17.8 Å². The van der Waals surface area contributed by atoms with Gasteiger partial charge in [-0.3, -0.25) is 9.36 Å². The molecule has 0 N–H and O–H groups in total. The molecule has 1 aromatic rings. The van der Waals surface area contributed by atoms with Crippen LogP contribution in [0.4, 0.5) is 0 Å². The summed E-state index contributed by atoms with van der Waals surface area (Å²) in [6, 6.07) is 0. The minimum Gasteiger partial charge on any atom is -0.464 e. The third-order valence-corrected chi connectivity index (χ3v) is 9.40. The molecule has 31 heavy (non-hydrogen) atoms. The molecule has 176 valence electrons. The van der Waals surface area contributed by atoms with Gasteiger partial charge in [0.05, 0.1) is 7.11 Å². The number of aromatic nitrogens is 1. The molecule has 0 aliphatic heterocycles.